The van der Waals surface area contributed by atoms with Crippen LogP contribution >= 0.6 is 0 Å². The Kier molecular flexibility index (Phi) is 0.945. The van der Waals surface area contributed by atoms with Crippen LogP contribution in [0.4, 0.5) is 0 Å². The lowest BCUT2D eigenvalue weighted by molar-refractivity contribution is 0.380. The molecule has 3 atom stereocenters. The summed E-state index contributed by atoms with van der Waals surface area (Å²) in [6.45, 7) is 0. The molecule has 2 aliphatic carbocycles. The van der Waals surface area contributed by atoms with Crippen molar-refractivity contribution < 1.29 is 0 Å². The summed E-state index contributed by atoms with van der Waals surface area (Å²) in [4.78, 5) is 0. The van der Waals surface area contributed by atoms with Gasteiger partial charge < -0.3 is 11.5 Å². The summed E-state index contributed by atoms with van der Waals surface area (Å²) < 4.78 is 0. The Labute approximate surface area is 55.6 Å². The summed E-state index contributed by atoms with van der Waals surface area (Å²) in [5.41, 5.74) is 12.0. The zero-order valence-corrected chi connectivity index (χ0v) is 5.64. The molecular weight excluding hydrogens is 112 g/mol. The van der Waals surface area contributed by atoms with Gasteiger partial charge in [0.05, 0.1) is 0 Å². The standard InChI is InChI=1S/C7H14N2/c8-6-4-7(9)2-1-5(6)3-7/h5-6H,1-4,8-9H2. The summed E-state index contributed by atoms with van der Waals surface area (Å²) in [6, 6.07) is 0.420. The van der Waals surface area contributed by atoms with Crippen molar-refractivity contribution in [2.75, 3.05) is 0 Å². The van der Waals surface area contributed by atoms with Gasteiger partial charge in [0.1, 0.15) is 0 Å². The van der Waals surface area contributed by atoms with Crippen molar-refractivity contribution in [1.29, 1.82) is 0 Å². The molecule has 0 amide bonds. The van der Waals surface area contributed by atoms with E-state index in [-0.39, 0.29) is 5.54 Å². The smallest absolute Gasteiger partial charge is 0.0172 e. The Morgan fingerprint density at radius 3 is 2.33 bits per heavy atom. The first-order valence-corrected chi connectivity index (χ1v) is 3.74. The molecular formula is C7H14N2. The van der Waals surface area contributed by atoms with Gasteiger partial charge in [0, 0.05) is 11.6 Å². The molecule has 0 radical (unpaired) electrons. The van der Waals surface area contributed by atoms with Gasteiger partial charge in [0.2, 0.25) is 0 Å². The molecule has 2 heteroatoms. The van der Waals surface area contributed by atoms with Gasteiger partial charge >= 0.3 is 0 Å². The maximum Gasteiger partial charge on any atom is 0.0172 e. The maximum absolute atomic E-state index is 6.01. The molecule has 0 heterocycles. The van der Waals surface area contributed by atoms with Crippen LogP contribution < -0.4 is 11.5 Å². The molecule has 2 fully saturated rings. The van der Waals surface area contributed by atoms with Crippen LogP contribution in [0.15, 0.2) is 0 Å². The first-order chi connectivity index (χ1) is 4.20. The van der Waals surface area contributed by atoms with Gasteiger partial charge in [0.25, 0.3) is 0 Å². The lowest BCUT2D eigenvalue weighted by Crippen LogP contribution is -2.39. The zero-order valence-electron chi connectivity index (χ0n) is 5.64. The lowest BCUT2D eigenvalue weighted by atomic mass is 9.92. The van der Waals surface area contributed by atoms with Crippen molar-refractivity contribution in [3.05, 3.63) is 0 Å². The highest BCUT2D eigenvalue weighted by Crippen LogP contribution is 2.44. The molecule has 0 aromatic rings. The summed E-state index contributed by atoms with van der Waals surface area (Å²) >= 11 is 0. The monoisotopic (exact) mass is 126 g/mol. The Balaban J connectivity index is 2.19. The van der Waals surface area contributed by atoms with Crippen LogP contribution in [-0.4, -0.2) is 11.6 Å². The Bertz CT molecular complexity index is 131. The van der Waals surface area contributed by atoms with Gasteiger partial charge in [-0.1, -0.05) is 0 Å². The van der Waals surface area contributed by atoms with Crippen LogP contribution in [0, 0.1) is 5.92 Å². The minimum Gasteiger partial charge on any atom is -0.327 e. The van der Waals surface area contributed by atoms with Crippen LogP contribution in [0.3, 0.4) is 0 Å². The minimum absolute atomic E-state index is 0.157. The number of rotatable bonds is 0. The maximum atomic E-state index is 6.01. The fourth-order valence-electron chi connectivity index (χ4n) is 2.39. The van der Waals surface area contributed by atoms with Gasteiger partial charge in [-0.05, 0) is 31.6 Å². The van der Waals surface area contributed by atoms with E-state index < -0.39 is 0 Å². The van der Waals surface area contributed by atoms with Gasteiger partial charge in [-0.15, -0.1) is 0 Å². The van der Waals surface area contributed by atoms with Crippen molar-refractivity contribution in [3.8, 4) is 0 Å². The van der Waals surface area contributed by atoms with Crippen LogP contribution in [0.25, 0.3) is 0 Å². The predicted molar refractivity (Wildman–Crippen MR) is 36.9 cm³/mol. The van der Waals surface area contributed by atoms with E-state index >= 15 is 0 Å². The van der Waals surface area contributed by atoms with E-state index in [9.17, 15) is 0 Å². The van der Waals surface area contributed by atoms with Gasteiger partial charge in [-0.2, -0.15) is 0 Å². The van der Waals surface area contributed by atoms with Gasteiger partial charge in [-0.25, -0.2) is 0 Å². The van der Waals surface area contributed by atoms with E-state index in [1.54, 1.807) is 0 Å². The topological polar surface area (TPSA) is 52.0 Å². The predicted octanol–water partition coefficient (Wildman–Crippen LogP) is 0.215. The highest BCUT2D eigenvalue weighted by molar-refractivity contribution is 5.05. The van der Waals surface area contributed by atoms with Crippen LogP contribution in [0.5, 0.6) is 0 Å². The molecule has 2 bridgehead atoms. The summed E-state index contributed by atoms with van der Waals surface area (Å²) in [6.07, 6.45) is 4.74. The van der Waals surface area contributed by atoms with E-state index in [0.29, 0.717) is 6.04 Å². The first-order valence-electron chi connectivity index (χ1n) is 3.74. The Hall–Kier alpha value is -0.0800. The van der Waals surface area contributed by atoms with E-state index in [1.807, 2.05) is 0 Å². The molecule has 0 spiro atoms. The molecule has 3 unspecified atom stereocenters. The number of hydrogen-bond acceptors (Lipinski definition) is 2. The molecule has 0 aromatic carbocycles. The van der Waals surface area contributed by atoms with Crippen molar-refractivity contribution in [1.82, 2.24) is 0 Å². The SMILES string of the molecule is NC1CC2(N)CCC1C2. The molecule has 0 saturated heterocycles. The van der Waals surface area contributed by atoms with Crippen molar-refractivity contribution >= 4 is 0 Å². The Morgan fingerprint density at radius 1 is 1.33 bits per heavy atom. The fourth-order valence-corrected chi connectivity index (χ4v) is 2.39. The molecule has 2 rings (SSSR count). The van der Waals surface area contributed by atoms with Crippen LogP contribution in [-0.2, 0) is 0 Å². The third-order valence-electron chi connectivity index (χ3n) is 2.93. The first kappa shape index (κ1) is 5.69. The molecule has 2 nitrogen and oxygen atoms in total. The highest BCUT2D eigenvalue weighted by Gasteiger charge is 2.46. The summed E-state index contributed by atoms with van der Waals surface area (Å²) in [7, 11) is 0. The number of hydrogen-bond donors (Lipinski definition) is 2. The van der Waals surface area contributed by atoms with E-state index in [4.69, 9.17) is 11.5 Å². The van der Waals surface area contributed by atoms with Crippen molar-refractivity contribution in [2.24, 2.45) is 17.4 Å². The number of fused-ring (bicyclic) bond motifs is 2. The van der Waals surface area contributed by atoms with Crippen LogP contribution in [0.2, 0.25) is 0 Å². The second-order valence-corrected chi connectivity index (χ2v) is 3.73. The third-order valence-corrected chi connectivity index (χ3v) is 2.93. The average Bonchev–Trinajstić information content (AvgIpc) is 2.20. The van der Waals surface area contributed by atoms with Crippen molar-refractivity contribution in [2.45, 2.75) is 37.3 Å². The Morgan fingerprint density at radius 2 is 2.11 bits per heavy atom. The highest BCUT2D eigenvalue weighted by atomic mass is 14.9. The molecule has 4 N–H and O–H groups in total. The average molecular weight is 126 g/mol. The van der Waals surface area contributed by atoms with Gasteiger partial charge in [-0.3, -0.25) is 0 Å². The van der Waals surface area contributed by atoms with Gasteiger partial charge in [0.15, 0.2) is 0 Å². The second kappa shape index (κ2) is 1.50. The fraction of sp³-hybridized carbons (Fsp3) is 1.00. The number of nitrogens with two attached hydrogens (primary N) is 2. The van der Waals surface area contributed by atoms with E-state index in [1.165, 1.54) is 19.3 Å². The molecule has 0 aliphatic heterocycles. The zero-order chi connectivity index (χ0) is 6.48. The van der Waals surface area contributed by atoms with E-state index in [0.717, 1.165) is 12.3 Å². The van der Waals surface area contributed by atoms with Crippen molar-refractivity contribution in [3.63, 3.8) is 0 Å². The molecule has 2 saturated carbocycles. The molecule has 0 aromatic heterocycles. The quantitative estimate of drug-likeness (QED) is 0.487. The molecule has 2 aliphatic rings. The molecule has 9 heavy (non-hydrogen) atoms. The summed E-state index contributed by atoms with van der Waals surface area (Å²) in [5.74, 6) is 0.759. The second-order valence-electron chi connectivity index (χ2n) is 3.73. The normalized spacial score (nSPS) is 56.7. The van der Waals surface area contributed by atoms with E-state index in [2.05, 4.69) is 0 Å². The molecule has 52 valence electrons. The lowest BCUT2D eigenvalue weighted by Gasteiger charge is -2.23. The summed E-state index contributed by atoms with van der Waals surface area (Å²) in [5, 5.41) is 0. The largest absolute Gasteiger partial charge is 0.327 e. The minimum atomic E-state index is 0.157. The van der Waals surface area contributed by atoms with Crippen LogP contribution in [0.1, 0.15) is 25.7 Å². The third kappa shape index (κ3) is 0.700.